The zero-order chi connectivity index (χ0) is 15.0. The van der Waals surface area contributed by atoms with Crippen LogP contribution in [0.2, 0.25) is 0 Å². The maximum atomic E-state index is 12.5. The van der Waals surface area contributed by atoms with E-state index < -0.39 is 5.97 Å². The van der Waals surface area contributed by atoms with Gasteiger partial charge in [-0.05, 0) is 19.8 Å². The number of carboxylic acid groups (broad SMARTS) is 1. The Morgan fingerprint density at radius 1 is 1.25 bits per heavy atom. The molecule has 0 aliphatic heterocycles. The first kappa shape index (κ1) is 16.8. The van der Waals surface area contributed by atoms with E-state index in [1.807, 2.05) is 11.8 Å². The minimum atomic E-state index is -0.992. The van der Waals surface area contributed by atoms with Crippen molar-refractivity contribution in [2.45, 2.75) is 45.1 Å². The molecule has 0 atom stereocenters. The van der Waals surface area contributed by atoms with E-state index in [1.54, 1.807) is 7.11 Å². The predicted molar refractivity (Wildman–Crippen MR) is 75.7 cm³/mol. The van der Waals surface area contributed by atoms with E-state index in [1.165, 1.54) is 11.3 Å². The highest BCUT2D eigenvalue weighted by Crippen LogP contribution is 2.23. The van der Waals surface area contributed by atoms with Crippen LogP contribution in [0.15, 0.2) is 0 Å². The van der Waals surface area contributed by atoms with Gasteiger partial charge in [0.25, 0.3) is 0 Å². The van der Waals surface area contributed by atoms with Crippen LogP contribution in [0.3, 0.4) is 0 Å². The third kappa shape index (κ3) is 5.00. The molecule has 6 heteroatoms. The lowest BCUT2D eigenvalue weighted by atomic mass is 9.94. The van der Waals surface area contributed by atoms with Gasteiger partial charge in [0.05, 0.1) is 6.61 Å². The van der Waals surface area contributed by atoms with Crippen LogP contribution in [0.4, 0.5) is 4.79 Å². The molecule has 0 spiro atoms. The van der Waals surface area contributed by atoms with Crippen molar-refractivity contribution in [1.82, 2.24) is 9.80 Å². The largest absolute Gasteiger partial charge is 0.480 e. The number of amides is 2. The summed E-state index contributed by atoms with van der Waals surface area (Å²) in [5.74, 6) is -0.992. The summed E-state index contributed by atoms with van der Waals surface area (Å²) in [5, 5.41) is 8.94. The lowest BCUT2D eigenvalue weighted by molar-refractivity contribution is -0.137. The summed E-state index contributed by atoms with van der Waals surface area (Å²) in [7, 11) is 1.54. The SMILES string of the molecule is CCN(C(=O)N(CCOC)CC(=O)O)C1CCCCC1. The van der Waals surface area contributed by atoms with Crippen LogP contribution in [-0.4, -0.2) is 66.3 Å². The Labute approximate surface area is 120 Å². The van der Waals surface area contributed by atoms with Crippen molar-refractivity contribution in [3.63, 3.8) is 0 Å². The minimum Gasteiger partial charge on any atom is -0.480 e. The third-order valence-corrected chi connectivity index (χ3v) is 3.76. The molecule has 0 unspecified atom stereocenters. The van der Waals surface area contributed by atoms with Crippen LogP contribution < -0.4 is 0 Å². The molecule has 0 radical (unpaired) electrons. The molecule has 2 amide bonds. The molecule has 0 aromatic carbocycles. The second-order valence-corrected chi connectivity index (χ2v) is 5.17. The van der Waals surface area contributed by atoms with Gasteiger partial charge in [0, 0.05) is 26.2 Å². The smallest absolute Gasteiger partial charge is 0.323 e. The zero-order valence-corrected chi connectivity index (χ0v) is 12.5. The summed E-state index contributed by atoms with van der Waals surface area (Å²) in [5.41, 5.74) is 0. The van der Waals surface area contributed by atoms with E-state index in [4.69, 9.17) is 9.84 Å². The van der Waals surface area contributed by atoms with Gasteiger partial charge >= 0.3 is 12.0 Å². The van der Waals surface area contributed by atoms with E-state index >= 15 is 0 Å². The molecule has 6 nitrogen and oxygen atoms in total. The number of carbonyl (C=O) groups excluding carboxylic acids is 1. The Hall–Kier alpha value is -1.30. The monoisotopic (exact) mass is 286 g/mol. The normalized spacial score (nSPS) is 15.9. The molecule has 1 aliphatic carbocycles. The number of ether oxygens (including phenoxy) is 1. The molecule has 1 saturated carbocycles. The quantitative estimate of drug-likeness (QED) is 0.774. The molecule has 20 heavy (non-hydrogen) atoms. The highest BCUT2D eigenvalue weighted by Gasteiger charge is 2.28. The van der Waals surface area contributed by atoms with Crippen molar-refractivity contribution in [3.8, 4) is 0 Å². The number of methoxy groups -OCH3 is 1. The summed E-state index contributed by atoms with van der Waals surface area (Å²) < 4.78 is 4.96. The van der Waals surface area contributed by atoms with E-state index in [2.05, 4.69) is 0 Å². The van der Waals surface area contributed by atoms with Crippen molar-refractivity contribution in [1.29, 1.82) is 0 Å². The Kier molecular flexibility index (Phi) is 7.36. The molecular formula is C14H26N2O4. The Bertz CT molecular complexity index is 316. The van der Waals surface area contributed by atoms with Crippen molar-refractivity contribution in [2.24, 2.45) is 0 Å². The molecule has 0 aromatic heterocycles. The third-order valence-electron chi connectivity index (χ3n) is 3.76. The molecule has 116 valence electrons. The summed E-state index contributed by atoms with van der Waals surface area (Å²) in [4.78, 5) is 26.6. The van der Waals surface area contributed by atoms with Crippen molar-refractivity contribution in [3.05, 3.63) is 0 Å². The standard InChI is InChI=1S/C14H26N2O4/c1-3-16(12-7-5-4-6-8-12)14(19)15(9-10-20-2)11-13(17)18/h12H,3-11H2,1-2H3,(H,17,18). The fourth-order valence-corrected chi connectivity index (χ4v) is 2.73. The van der Waals surface area contributed by atoms with Gasteiger partial charge < -0.3 is 19.6 Å². The minimum absolute atomic E-state index is 0.182. The fourth-order valence-electron chi connectivity index (χ4n) is 2.73. The second-order valence-electron chi connectivity index (χ2n) is 5.17. The molecule has 0 aromatic rings. The van der Waals surface area contributed by atoms with Crippen molar-refractivity contribution in [2.75, 3.05) is 33.4 Å². The second kappa shape index (κ2) is 8.79. The maximum Gasteiger partial charge on any atom is 0.323 e. The van der Waals surface area contributed by atoms with Crippen LogP contribution in [0.1, 0.15) is 39.0 Å². The lowest BCUT2D eigenvalue weighted by Crippen LogP contribution is -2.50. The molecule has 0 saturated heterocycles. The van der Waals surface area contributed by atoms with Gasteiger partial charge in [-0.1, -0.05) is 19.3 Å². The maximum absolute atomic E-state index is 12.5. The number of hydrogen-bond donors (Lipinski definition) is 1. The highest BCUT2D eigenvalue weighted by atomic mass is 16.5. The first-order chi connectivity index (χ1) is 9.60. The summed E-state index contributed by atoms with van der Waals surface area (Å²) in [6.07, 6.45) is 5.55. The van der Waals surface area contributed by atoms with Gasteiger partial charge in [0.2, 0.25) is 0 Å². The van der Waals surface area contributed by atoms with E-state index in [0.29, 0.717) is 19.7 Å². The Morgan fingerprint density at radius 3 is 2.40 bits per heavy atom. The first-order valence-corrected chi connectivity index (χ1v) is 7.36. The molecule has 1 N–H and O–H groups in total. The van der Waals surface area contributed by atoms with Gasteiger partial charge in [-0.3, -0.25) is 4.79 Å². The van der Waals surface area contributed by atoms with E-state index in [0.717, 1.165) is 25.7 Å². The topological polar surface area (TPSA) is 70.1 Å². The number of nitrogens with zero attached hydrogens (tertiary/aromatic N) is 2. The molecular weight excluding hydrogens is 260 g/mol. The number of rotatable bonds is 7. The molecule has 1 fully saturated rings. The van der Waals surface area contributed by atoms with Gasteiger partial charge in [0.1, 0.15) is 6.54 Å². The predicted octanol–water partition coefficient (Wildman–Crippen LogP) is 1.79. The molecule has 0 heterocycles. The van der Waals surface area contributed by atoms with Crippen molar-refractivity contribution < 1.29 is 19.4 Å². The molecule has 1 rings (SSSR count). The highest BCUT2D eigenvalue weighted by molar-refractivity contribution is 5.80. The Morgan fingerprint density at radius 2 is 1.90 bits per heavy atom. The summed E-state index contributed by atoms with van der Waals surface area (Å²) in [6, 6.07) is 0.0685. The summed E-state index contributed by atoms with van der Waals surface area (Å²) in [6.45, 7) is 2.95. The summed E-state index contributed by atoms with van der Waals surface area (Å²) >= 11 is 0. The fraction of sp³-hybridized carbons (Fsp3) is 0.857. The molecule has 1 aliphatic rings. The van der Waals surface area contributed by atoms with Gasteiger partial charge in [-0.25, -0.2) is 4.79 Å². The van der Waals surface area contributed by atoms with Crippen LogP contribution in [0, 0.1) is 0 Å². The van der Waals surface area contributed by atoms with Crippen LogP contribution >= 0.6 is 0 Å². The number of carboxylic acids is 1. The number of hydrogen-bond acceptors (Lipinski definition) is 3. The van der Waals surface area contributed by atoms with Crippen LogP contribution in [0.25, 0.3) is 0 Å². The lowest BCUT2D eigenvalue weighted by Gasteiger charge is -2.36. The van der Waals surface area contributed by atoms with Gasteiger partial charge in [-0.15, -0.1) is 0 Å². The van der Waals surface area contributed by atoms with E-state index in [-0.39, 0.29) is 18.6 Å². The van der Waals surface area contributed by atoms with Crippen LogP contribution in [0.5, 0.6) is 0 Å². The number of urea groups is 1. The van der Waals surface area contributed by atoms with Gasteiger partial charge in [-0.2, -0.15) is 0 Å². The number of carbonyl (C=O) groups is 2. The first-order valence-electron chi connectivity index (χ1n) is 7.36. The van der Waals surface area contributed by atoms with Crippen molar-refractivity contribution >= 4 is 12.0 Å². The average molecular weight is 286 g/mol. The average Bonchev–Trinajstić information content (AvgIpc) is 2.45. The number of aliphatic carboxylic acids is 1. The Balaban J connectivity index is 2.69. The van der Waals surface area contributed by atoms with E-state index in [9.17, 15) is 9.59 Å². The molecule has 0 bridgehead atoms. The van der Waals surface area contributed by atoms with Crippen LogP contribution in [-0.2, 0) is 9.53 Å². The zero-order valence-electron chi connectivity index (χ0n) is 12.5. The van der Waals surface area contributed by atoms with Gasteiger partial charge in [0.15, 0.2) is 0 Å².